The first-order chi connectivity index (χ1) is 8.74. The summed E-state index contributed by atoms with van der Waals surface area (Å²) in [5.74, 6) is 0.685. The van der Waals surface area contributed by atoms with Crippen LogP contribution in [0.4, 0.5) is 0 Å². The minimum absolute atomic E-state index is 0.610. The smallest absolute Gasteiger partial charge is 0.137 e. The molecule has 2 rings (SSSR count). The van der Waals surface area contributed by atoms with Crippen LogP contribution in [0.3, 0.4) is 0 Å². The van der Waals surface area contributed by atoms with Crippen LogP contribution >= 0.6 is 22.9 Å². The number of benzene rings is 1. The first-order valence-electron chi connectivity index (χ1n) is 5.73. The molecular weight excluding hydrogens is 268 g/mol. The molecule has 0 bridgehead atoms. The first kappa shape index (κ1) is 13.3. The molecule has 5 heteroatoms. The van der Waals surface area contributed by atoms with E-state index in [0.717, 1.165) is 29.4 Å². The van der Waals surface area contributed by atoms with Gasteiger partial charge in [-0.15, -0.1) is 11.3 Å². The zero-order chi connectivity index (χ0) is 13.0. The molecule has 3 nitrogen and oxygen atoms in total. The van der Waals surface area contributed by atoms with E-state index in [-0.39, 0.29) is 0 Å². The highest BCUT2D eigenvalue weighted by Crippen LogP contribution is 2.31. The predicted octanol–water partition coefficient (Wildman–Crippen LogP) is 3.58. The van der Waals surface area contributed by atoms with E-state index in [1.807, 2.05) is 18.2 Å². The second kappa shape index (κ2) is 6.18. The minimum atomic E-state index is 0.610. The maximum absolute atomic E-state index is 6.11. The van der Waals surface area contributed by atoms with E-state index in [9.17, 15) is 0 Å². The van der Waals surface area contributed by atoms with Crippen molar-refractivity contribution in [1.29, 1.82) is 0 Å². The summed E-state index contributed by atoms with van der Waals surface area (Å²) in [6, 6.07) is 5.72. The van der Waals surface area contributed by atoms with Crippen LogP contribution in [0.25, 0.3) is 10.6 Å². The van der Waals surface area contributed by atoms with Crippen molar-refractivity contribution in [2.75, 3.05) is 13.7 Å². The van der Waals surface area contributed by atoms with Crippen LogP contribution in [0.1, 0.15) is 12.6 Å². The van der Waals surface area contributed by atoms with Crippen molar-refractivity contribution in [1.82, 2.24) is 10.3 Å². The van der Waals surface area contributed by atoms with Crippen molar-refractivity contribution >= 4 is 22.9 Å². The summed E-state index contributed by atoms with van der Waals surface area (Å²) >= 11 is 7.73. The summed E-state index contributed by atoms with van der Waals surface area (Å²) in [5, 5.41) is 6.91. The van der Waals surface area contributed by atoms with Crippen LogP contribution in [0.2, 0.25) is 5.02 Å². The highest BCUT2D eigenvalue weighted by atomic mass is 35.5. The number of hydrogen-bond donors (Lipinski definition) is 1. The SMILES string of the molecule is CCNCc1csc(-c2ccc(OC)c(Cl)c2)n1. The summed E-state index contributed by atoms with van der Waals surface area (Å²) in [6.07, 6.45) is 0. The standard InChI is InChI=1S/C13H15ClN2OS/c1-3-15-7-10-8-18-13(16-10)9-4-5-12(17-2)11(14)6-9/h4-6,8,15H,3,7H2,1-2H3. The first-order valence-corrected chi connectivity index (χ1v) is 6.99. The van der Waals surface area contributed by atoms with Crippen LogP contribution in [-0.4, -0.2) is 18.6 Å². The third-order valence-electron chi connectivity index (χ3n) is 2.51. The second-order valence-corrected chi connectivity index (χ2v) is 5.04. The van der Waals surface area contributed by atoms with E-state index >= 15 is 0 Å². The summed E-state index contributed by atoms with van der Waals surface area (Å²) in [5.41, 5.74) is 2.08. The van der Waals surface area contributed by atoms with E-state index in [1.165, 1.54) is 0 Å². The highest BCUT2D eigenvalue weighted by molar-refractivity contribution is 7.13. The number of hydrogen-bond acceptors (Lipinski definition) is 4. The molecule has 0 saturated heterocycles. The lowest BCUT2D eigenvalue weighted by Gasteiger charge is -2.03. The molecule has 0 aliphatic heterocycles. The van der Waals surface area contributed by atoms with Gasteiger partial charge in [-0.3, -0.25) is 0 Å². The van der Waals surface area contributed by atoms with Gasteiger partial charge in [0.05, 0.1) is 17.8 Å². The van der Waals surface area contributed by atoms with Gasteiger partial charge in [-0.25, -0.2) is 4.98 Å². The topological polar surface area (TPSA) is 34.1 Å². The molecule has 1 N–H and O–H groups in total. The fourth-order valence-corrected chi connectivity index (χ4v) is 2.65. The van der Waals surface area contributed by atoms with Crippen molar-refractivity contribution in [2.24, 2.45) is 0 Å². The molecular formula is C13H15ClN2OS. The van der Waals surface area contributed by atoms with Crippen LogP contribution in [0.15, 0.2) is 23.6 Å². The van der Waals surface area contributed by atoms with Crippen molar-refractivity contribution < 1.29 is 4.74 Å². The molecule has 0 spiro atoms. The van der Waals surface area contributed by atoms with Crippen LogP contribution in [0.5, 0.6) is 5.75 Å². The molecule has 0 radical (unpaired) electrons. The summed E-state index contributed by atoms with van der Waals surface area (Å²) in [4.78, 5) is 4.57. The summed E-state index contributed by atoms with van der Waals surface area (Å²) in [6.45, 7) is 3.83. The molecule has 0 amide bonds. The lowest BCUT2D eigenvalue weighted by Crippen LogP contribution is -2.11. The molecule has 18 heavy (non-hydrogen) atoms. The predicted molar refractivity (Wildman–Crippen MR) is 76.5 cm³/mol. The quantitative estimate of drug-likeness (QED) is 0.910. The Labute approximate surface area is 116 Å². The summed E-state index contributed by atoms with van der Waals surface area (Å²) < 4.78 is 5.14. The van der Waals surface area contributed by atoms with Gasteiger partial charge in [-0.2, -0.15) is 0 Å². The van der Waals surface area contributed by atoms with Crippen LogP contribution in [-0.2, 0) is 6.54 Å². The molecule has 2 aromatic rings. The lowest BCUT2D eigenvalue weighted by atomic mass is 10.2. The Bertz CT molecular complexity index is 527. The fraction of sp³-hybridized carbons (Fsp3) is 0.308. The molecule has 1 heterocycles. The van der Waals surface area contributed by atoms with Crippen LogP contribution in [0, 0.1) is 0 Å². The van der Waals surface area contributed by atoms with Crippen molar-refractivity contribution in [3.05, 3.63) is 34.3 Å². The normalized spacial score (nSPS) is 10.6. The number of halogens is 1. The molecule has 0 aliphatic rings. The Morgan fingerprint density at radius 1 is 1.44 bits per heavy atom. The van der Waals surface area contributed by atoms with Crippen LogP contribution < -0.4 is 10.1 Å². The van der Waals surface area contributed by atoms with Crippen molar-refractivity contribution in [3.8, 4) is 16.3 Å². The third-order valence-corrected chi connectivity index (χ3v) is 3.74. The molecule has 0 atom stereocenters. The zero-order valence-corrected chi connectivity index (χ0v) is 11.9. The number of nitrogens with zero attached hydrogens (tertiary/aromatic N) is 1. The molecule has 0 fully saturated rings. The second-order valence-electron chi connectivity index (χ2n) is 3.77. The molecule has 0 saturated carbocycles. The Hall–Kier alpha value is -1.10. The molecule has 0 unspecified atom stereocenters. The Morgan fingerprint density at radius 3 is 2.94 bits per heavy atom. The molecule has 1 aromatic carbocycles. The zero-order valence-electron chi connectivity index (χ0n) is 10.4. The number of methoxy groups -OCH3 is 1. The molecule has 1 aromatic heterocycles. The highest BCUT2D eigenvalue weighted by Gasteiger charge is 2.07. The van der Waals surface area contributed by atoms with E-state index < -0.39 is 0 Å². The largest absolute Gasteiger partial charge is 0.495 e. The maximum Gasteiger partial charge on any atom is 0.137 e. The van der Waals surface area contributed by atoms with Crippen molar-refractivity contribution in [3.63, 3.8) is 0 Å². The minimum Gasteiger partial charge on any atom is -0.495 e. The average Bonchev–Trinajstić information content (AvgIpc) is 2.85. The van der Waals surface area contributed by atoms with Gasteiger partial charge in [0, 0.05) is 17.5 Å². The molecule has 0 aliphatic carbocycles. The van der Waals surface area contributed by atoms with Gasteiger partial charge in [-0.05, 0) is 24.7 Å². The number of thiazole rings is 1. The average molecular weight is 283 g/mol. The third kappa shape index (κ3) is 3.02. The monoisotopic (exact) mass is 282 g/mol. The fourth-order valence-electron chi connectivity index (χ4n) is 1.57. The van der Waals surface area contributed by atoms with Gasteiger partial charge < -0.3 is 10.1 Å². The van der Waals surface area contributed by atoms with Crippen molar-refractivity contribution in [2.45, 2.75) is 13.5 Å². The summed E-state index contributed by atoms with van der Waals surface area (Å²) in [7, 11) is 1.61. The van der Waals surface area contributed by atoms with Gasteiger partial charge in [0.15, 0.2) is 0 Å². The number of aromatic nitrogens is 1. The van der Waals surface area contributed by atoms with E-state index in [0.29, 0.717) is 10.8 Å². The van der Waals surface area contributed by atoms with Gasteiger partial charge in [0.2, 0.25) is 0 Å². The Kier molecular flexibility index (Phi) is 4.58. The van der Waals surface area contributed by atoms with Gasteiger partial charge in [0.1, 0.15) is 10.8 Å². The molecule has 96 valence electrons. The van der Waals surface area contributed by atoms with E-state index in [2.05, 4.69) is 22.6 Å². The van der Waals surface area contributed by atoms with E-state index in [1.54, 1.807) is 18.4 Å². The van der Waals surface area contributed by atoms with Gasteiger partial charge in [-0.1, -0.05) is 18.5 Å². The Balaban J connectivity index is 2.20. The maximum atomic E-state index is 6.11. The number of rotatable bonds is 5. The number of nitrogens with one attached hydrogen (secondary N) is 1. The van der Waals surface area contributed by atoms with E-state index in [4.69, 9.17) is 16.3 Å². The number of ether oxygens (including phenoxy) is 1. The Morgan fingerprint density at radius 2 is 2.28 bits per heavy atom. The van der Waals surface area contributed by atoms with Gasteiger partial charge >= 0.3 is 0 Å². The van der Waals surface area contributed by atoms with Gasteiger partial charge in [0.25, 0.3) is 0 Å². The lowest BCUT2D eigenvalue weighted by molar-refractivity contribution is 0.415.